The predicted octanol–water partition coefficient (Wildman–Crippen LogP) is 4.14. The van der Waals surface area contributed by atoms with E-state index in [1.807, 2.05) is 35.8 Å². The summed E-state index contributed by atoms with van der Waals surface area (Å²) < 4.78 is 40.3. The standard InChI is InChI=1S/C23H19F2N3O3/c1-13-9-18(23(29)27-20(12-26)17-5-3-15(24)10-19(17)25)14(2)28(13)16-4-6-21-22(11-16)31-8-7-30-21/h3-6,9-11,20H,7-8H2,1-2H3,(H,27,29). The van der Waals surface area contributed by atoms with E-state index in [-0.39, 0.29) is 5.56 Å². The first kappa shape index (κ1) is 20.4. The van der Waals surface area contributed by atoms with Crippen molar-refractivity contribution in [2.24, 2.45) is 0 Å². The molecule has 1 aliphatic heterocycles. The lowest BCUT2D eigenvalue weighted by Crippen LogP contribution is -2.28. The lowest BCUT2D eigenvalue weighted by Gasteiger charge is -2.20. The maximum absolute atomic E-state index is 14.1. The minimum Gasteiger partial charge on any atom is -0.486 e. The van der Waals surface area contributed by atoms with Crippen molar-refractivity contribution in [1.82, 2.24) is 9.88 Å². The number of hydrogen-bond donors (Lipinski definition) is 1. The fraction of sp³-hybridized carbons (Fsp3) is 0.217. The predicted molar refractivity (Wildman–Crippen MR) is 108 cm³/mol. The highest BCUT2D eigenvalue weighted by atomic mass is 19.1. The molecule has 2 aromatic carbocycles. The monoisotopic (exact) mass is 423 g/mol. The van der Waals surface area contributed by atoms with Gasteiger partial charge >= 0.3 is 0 Å². The molecule has 0 saturated carbocycles. The maximum atomic E-state index is 14.1. The number of rotatable bonds is 4. The van der Waals surface area contributed by atoms with Crippen LogP contribution in [0.1, 0.15) is 33.4 Å². The molecule has 0 aliphatic carbocycles. The van der Waals surface area contributed by atoms with Crippen LogP contribution in [0.5, 0.6) is 11.5 Å². The van der Waals surface area contributed by atoms with E-state index < -0.39 is 23.6 Å². The quantitative estimate of drug-likeness (QED) is 0.684. The highest BCUT2D eigenvalue weighted by Crippen LogP contribution is 2.33. The van der Waals surface area contributed by atoms with Crippen LogP contribution in [0.25, 0.3) is 5.69 Å². The van der Waals surface area contributed by atoms with E-state index in [4.69, 9.17) is 9.47 Å². The van der Waals surface area contributed by atoms with Crippen LogP contribution in [0.4, 0.5) is 8.78 Å². The van der Waals surface area contributed by atoms with Crippen molar-refractivity contribution in [3.8, 4) is 23.3 Å². The van der Waals surface area contributed by atoms with Gasteiger partial charge in [-0.05, 0) is 38.1 Å². The van der Waals surface area contributed by atoms with Crippen molar-refractivity contribution < 1.29 is 23.0 Å². The van der Waals surface area contributed by atoms with Crippen molar-refractivity contribution in [3.05, 3.63) is 76.6 Å². The minimum atomic E-state index is -1.26. The molecule has 1 atom stereocenters. The molecule has 4 rings (SSSR count). The van der Waals surface area contributed by atoms with Gasteiger partial charge in [-0.2, -0.15) is 5.26 Å². The average molecular weight is 423 g/mol. The third-order valence-corrected chi connectivity index (χ3v) is 5.14. The van der Waals surface area contributed by atoms with Crippen molar-refractivity contribution in [2.75, 3.05) is 13.2 Å². The highest BCUT2D eigenvalue weighted by Gasteiger charge is 2.23. The van der Waals surface area contributed by atoms with Crippen LogP contribution in [0, 0.1) is 36.8 Å². The van der Waals surface area contributed by atoms with Gasteiger partial charge in [0.1, 0.15) is 30.9 Å². The summed E-state index contributed by atoms with van der Waals surface area (Å²) in [6, 6.07) is 10.7. The first-order valence-electron chi connectivity index (χ1n) is 9.63. The molecule has 31 heavy (non-hydrogen) atoms. The Balaban J connectivity index is 1.63. The number of amides is 1. The molecule has 0 fully saturated rings. The molecule has 0 saturated heterocycles. The summed E-state index contributed by atoms with van der Waals surface area (Å²) in [6.45, 7) is 4.58. The van der Waals surface area contributed by atoms with E-state index >= 15 is 0 Å². The number of nitrogens with one attached hydrogen (secondary N) is 1. The topological polar surface area (TPSA) is 76.3 Å². The van der Waals surface area contributed by atoms with Gasteiger partial charge in [-0.15, -0.1) is 0 Å². The summed E-state index contributed by atoms with van der Waals surface area (Å²) in [6.07, 6.45) is 0. The highest BCUT2D eigenvalue weighted by molar-refractivity contribution is 5.96. The number of carbonyl (C=O) groups excluding carboxylic acids is 1. The molecule has 2 heterocycles. The fourth-order valence-corrected chi connectivity index (χ4v) is 3.69. The number of carbonyl (C=O) groups is 1. The number of aromatic nitrogens is 1. The molecule has 1 N–H and O–H groups in total. The zero-order valence-electron chi connectivity index (χ0n) is 16.9. The number of hydrogen-bond acceptors (Lipinski definition) is 4. The molecule has 0 bridgehead atoms. The molecule has 1 unspecified atom stereocenters. The van der Waals surface area contributed by atoms with Crippen LogP contribution in [0.2, 0.25) is 0 Å². The third-order valence-electron chi connectivity index (χ3n) is 5.14. The largest absolute Gasteiger partial charge is 0.486 e. The smallest absolute Gasteiger partial charge is 0.254 e. The van der Waals surface area contributed by atoms with E-state index in [1.54, 1.807) is 13.0 Å². The number of benzene rings is 2. The van der Waals surface area contributed by atoms with Gasteiger partial charge in [0.05, 0.1) is 11.6 Å². The van der Waals surface area contributed by atoms with Gasteiger partial charge in [0.15, 0.2) is 11.5 Å². The normalized spacial score (nSPS) is 13.4. The van der Waals surface area contributed by atoms with E-state index in [1.165, 1.54) is 0 Å². The number of fused-ring (bicyclic) bond motifs is 1. The second kappa shape index (κ2) is 8.11. The summed E-state index contributed by atoms with van der Waals surface area (Å²) in [5.74, 6) is -0.903. The number of aryl methyl sites for hydroxylation is 1. The number of halogens is 2. The number of ether oxygens (including phenoxy) is 2. The first-order valence-corrected chi connectivity index (χ1v) is 9.63. The molecule has 8 heteroatoms. The lowest BCUT2D eigenvalue weighted by atomic mass is 10.1. The van der Waals surface area contributed by atoms with Crippen LogP contribution in [-0.4, -0.2) is 23.7 Å². The van der Waals surface area contributed by atoms with Gasteiger partial charge in [0, 0.05) is 34.8 Å². The number of nitriles is 1. The van der Waals surface area contributed by atoms with Gasteiger partial charge < -0.3 is 19.4 Å². The van der Waals surface area contributed by atoms with Gasteiger partial charge in [-0.3, -0.25) is 4.79 Å². The summed E-state index contributed by atoms with van der Waals surface area (Å²) in [5, 5.41) is 12.0. The van der Waals surface area contributed by atoms with E-state index in [0.717, 1.165) is 23.5 Å². The van der Waals surface area contributed by atoms with Crippen molar-refractivity contribution in [3.63, 3.8) is 0 Å². The van der Waals surface area contributed by atoms with Crippen LogP contribution in [0.15, 0.2) is 42.5 Å². The van der Waals surface area contributed by atoms with Crippen LogP contribution >= 0.6 is 0 Å². The molecule has 1 amide bonds. The lowest BCUT2D eigenvalue weighted by molar-refractivity contribution is 0.0944. The second-order valence-corrected chi connectivity index (χ2v) is 7.15. The Morgan fingerprint density at radius 2 is 1.84 bits per heavy atom. The molecule has 1 aromatic heterocycles. The van der Waals surface area contributed by atoms with Gasteiger partial charge in [-0.1, -0.05) is 6.07 Å². The van der Waals surface area contributed by atoms with Gasteiger partial charge in [0.25, 0.3) is 5.91 Å². The second-order valence-electron chi connectivity index (χ2n) is 7.15. The molecular formula is C23H19F2N3O3. The fourth-order valence-electron chi connectivity index (χ4n) is 3.69. The molecule has 0 radical (unpaired) electrons. The van der Waals surface area contributed by atoms with E-state index in [2.05, 4.69) is 5.32 Å². The van der Waals surface area contributed by atoms with Crippen molar-refractivity contribution in [2.45, 2.75) is 19.9 Å². The SMILES string of the molecule is Cc1cc(C(=O)NC(C#N)c2ccc(F)cc2F)c(C)n1-c1ccc2c(c1)OCCO2. The number of nitrogens with zero attached hydrogens (tertiary/aromatic N) is 2. The molecular weight excluding hydrogens is 404 g/mol. The molecule has 3 aromatic rings. The Labute approximate surface area is 177 Å². The summed E-state index contributed by atoms with van der Waals surface area (Å²) in [5.41, 5.74) is 2.47. The van der Waals surface area contributed by atoms with Crippen molar-refractivity contribution >= 4 is 5.91 Å². The average Bonchev–Trinajstić information content (AvgIpc) is 3.06. The third kappa shape index (κ3) is 3.82. The van der Waals surface area contributed by atoms with Gasteiger partial charge in [0.2, 0.25) is 0 Å². The first-order chi connectivity index (χ1) is 14.9. The summed E-state index contributed by atoms with van der Waals surface area (Å²) in [4.78, 5) is 12.9. The Morgan fingerprint density at radius 1 is 1.10 bits per heavy atom. The molecule has 6 nitrogen and oxygen atoms in total. The van der Waals surface area contributed by atoms with E-state index in [9.17, 15) is 18.8 Å². The Hall–Kier alpha value is -3.86. The maximum Gasteiger partial charge on any atom is 0.254 e. The minimum absolute atomic E-state index is 0.0992. The van der Waals surface area contributed by atoms with Crippen LogP contribution in [-0.2, 0) is 0 Å². The van der Waals surface area contributed by atoms with Gasteiger partial charge in [-0.25, -0.2) is 8.78 Å². The summed E-state index contributed by atoms with van der Waals surface area (Å²) >= 11 is 0. The van der Waals surface area contributed by atoms with Crippen LogP contribution < -0.4 is 14.8 Å². The molecule has 158 valence electrons. The van der Waals surface area contributed by atoms with Crippen molar-refractivity contribution in [1.29, 1.82) is 5.26 Å². The summed E-state index contributed by atoms with van der Waals surface area (Å²) in [7, 11) is 0. The van der Waals surface area contributed by atoms with E-state index in [0.29, 0.717) is 42.0 Å². The molecule has 0 spiro atoms. The zero-order valence-corrected chi connectivity index (χ0v) is 16.9. The Morgan fingerprint density at radius 3 is 2.55 bits per heavy atom. The molecule has 1 aliphatic rings. The Bertz CT molecular complexity index is 1210. The Kier molecular flexibility index (Phi) is 5.34. The van der Waals surface area contributed by atoms with Crippen LogP contribution in [0.3, 0.4) is 0 Å². The zero-order chi connectivity index (χ0) is 22.1.